The van der Waals surface area contributed by atoms with Gasteiger partial charge in [-0.1, -0.05) is 11.2 Å². The van der Waals surface area contributed by atoms with E-state index in [0.29, 0.717) is 28.3 Å². The van der Waals surface area contributed by atoms with E-state index in [2.05, 4.69) is 10.5 Å². The standard InChI is InChI=1S/C22H21FN2O3/c1-14-20(21(25-28-14)15-9-11-16(23)12-10-15)22(26)24-17-5-4-8-19(13-17)27-18-6-2-3-7-18/h4-5,8-13,18H,2-3,6-7H2,1H3,(H,24,26). The number of hydrogen-bond acceptors (Lipinski definition) is 4. The van der Waals surface area contributed by atoms with Gasteiger partial charge in [-0.25, -0.2) is 4.39 Å². The second-order valence-electron chi connectivity index (χ2n) is 6.98. The predicted molar refractivity (Wildman–Crippen MR) is 104 cm³/mol. The van der Waals surface area contributed by atoms with Gasteiger partial charge in [-0.15, -0.1) is 0 Å². The summed E-state index contributed by atoms with van der Waals surface area (Å²) in [7, 11) is 0. The van der Waals surface area contributed by atoms with Crippen LogP contribution in [0.3, 0.4) is 0 Å². The molecule has 2 aromatic carbocycles. The molecule has 5 nitrogen and oxygen atoms in total. The first kappa shape index (κ1) is 18.2. The normalized spacial score (nSPS) is 14.2. The Bertz CT molecular complexity index is 976. The number of amides is 1. The lowest BCUT2D eigenvalue weighted by Crippen LogP contribution is -2.14. The average Bonchev–Trinajstić information content (AvgIpc) is 3.32. The summed E-state index contributed by atoms with van der Waals surface area (Å²) in [5.41, 5.74) is 1.95. The van der Waals surface area contributed by atoms with Gasteiger partial charge in [-0.05, 0) is 69.0 Å². The maximum absolute atomic E-state index is 13.2. The van der Waals surface area contributed by atoms with Crippen LogP contribution in [-0.2, 0) is 0 Å². The van der Waals surface area contributed by atoms with Gasteiger partial charge < -0.3 is 14.6 Å². The van der Waals surface area contributed by atoms with Crippen LogP contribution in [0, 0.1) is 12.7 Å². The highest BCUT2D eigenvalue weighted by atomic mass is 19.1. The fourth-order valence-electron chi connectivity index (χ4n) is 3.48. The molecule has 1 amide bonds. The van der Waals surface area contributed by atoms with Crippen molar-refractivity contribution >= 4 is 11.6 Å². The molecule has 144 valence electrons. The average molecular weight is 380 g/mol. The lowest BCUT2D eigenvalue weighted by Gasteiger charge is -2.14. The molecule has 3 aromatic rings. The van der Waals surface area contributed by atoms with E-state index >= 15 is 0 Å². The Hall–Kier alpha value is -3.15. The summed E-state index contributed by atoms with van der Waals surface area (Å²) in [5, 5.41) is 6.86. The van der Waals surface area contributed by atoms with Crippen LogP contribution in [0.1, 0.15) is 41.8 Å². The van der Waals surface area contributed by atoms with Crippen LogP contribution in [0.2, 0.25) is 0 Å². The number of ether oxygens (including phenoxy) is 1. The van der Waals surface area contributed by atoms with Crippen LogP contribution in [0.5, 0.6) is 5.75 Å². The van der Waals surface area contributed by atoms with E-state index in [-0.39, 0.29) is 17.8 Å². The zero-order valence-electron chi connectivity index (χ0n) is 15.6. The fourth-order valence-corrected chi connectivity index (χ4v) is 3.48. The van der Waals surface area contributed by atoms with Gasteiger partial charge in [0.25, 0.3) is 5.91 Å². The highest BCUT2D eigenvalue weighted by Crippen LogP contribution is 2.28. The maximum Gasteiger partial charge on any atom is 0.261 e. The number of carbonyl (C=O) groups is 1. The van der Waals surface area contributed by atoms with Crippen molar-refractivity contribution in [3.8, 4) is 17.0 Å². The number of aryl methyl sites for hydroxylation is 1. The smallest absolute Gasteiger partial charge is 0.261 e. The van der Waals surface area contributed by atoms with Crippen molar-refractivity contribution in [2.75, 3.05) is 5.32 Å². The number of benzene rings is 2. The fraction of sp³-hybridized carbons (Fsp3) is 0.273. The van der Waals surface area contributed by atoms with E-state index in [1.807, 2.05) is 18.2 Å². The van der Waals surface area contributed by atoms with Crippen molar-refractivity contribution in [1.29, 1.82) is 0 Å². The van der Waals surface area contributed by atoms with E-state index in [4.69, 9.17) is 9.26 Å². The van der Waals surface area contributed by atoms with E-state index in [1.54, 1.807) is 25.1 Å². The Morgan fingerprint density at radius 3 is 2.68 bits per heavy atom. The summed E-state index contributed by atoms with van der Waals surface area (Å²) in [5.74, 6) is 0.450. The molecule has 0 radical (unpaired) electrons. The summed E-state index contributed by atoms with van der Waals surface area (Å²) in [4.78, 5) is 12.9. The van der Waals surface area contributed by atoms with Crippen LogP contribution in [0.25, 0.3) is 11.3 Å². The summed E-state index contributed by atoms with van der Waals surface area (Å²) in [6.07, 6.45) is 4.77. The summed E-state index contributed by atoms with van der Waals surface area (Å²) in [6.45, 7) is 1.68. The van der Waals surface area contributed by atoms with Gasteiger partial charge in [0, 0.05) is 17.3 Å². The minimum Gasteiger partial charge on any atom is -0.490 e. The number of nitrogens with zero attached hydrogens (tertiary/aromatic N) is 1. The highest BCUT2D eigenvalue weighted by molar-refractivity contribution is 6.08. The molecule has 0 bridgehead atoms. The highest BCUT2D eigenvalue weighted by Gasteiger charge is 2.22. The minimum atomic E-state index is -0.353. The molecule has 1 heterocycles. The Balaban J connectivity index is 1.54. The van der Waals surface area contributed by atoms with E-state index in [9.17, 15) is 9.18 Å². The molecule has 1 saturated carbocycles. The number of rotatable bonds is 5. The monoisotopic (exact) mass is 380 g/mol. The van der Waals surface area contributed by atoms with Crippen LogP contribution in [0.4, 0.5) is 10.1 Å². The third-order valence-corrected chi connectivity index (χ3v) is 4.90. The molecule has 4 rings (SSSR count). The van der Waals surface area contributed by atoms with E-state index < -0.39 is 0 Å². The third-order valence-electron chi connectivity index (χ3n) is 4.90. The first-order valence-corrected chi connectivity index (χ1v) is 9.40. The Morgan fingerprint density at radius 2 is 1.93 bits per heavy atom. The molecule has 6 heteroatoms. The number of carbonyl (C=O) groups excluding carboxylic acids is 1. The molecule has 1 aromatic heterocycles. The van der Waals surface area contributed by atoms with Gasteiger partial charge in [-0.2, -0.15) is 0 Å². The predicted octanol–water partition coefficient (Wildman–Crippen LogP) is 5.36. The van der Waals surface area contributed by atoms with Gasteiger partial charge in [0.05, 0.1) is 6.10 Å². The van der Waals surface area contributed by atoms with Crippen molar-refractivity contribution in [3.63, 3.8) is 0 Å². The Kier molecular flexibility index (Phi) is 5.10. The molecule has 1 aliphatic carbocycles. The topological polar surface area (TPSA) is 64.4 Å². The third kappa shape index (κ3) is 3.91. The number of aromatic nitrogens is 1. The second-order valence-corrected chi connectivity index (χ2v) is 6.98. The Morgan fingerprint density at radius 1 is 1.18 bits per heavy atom. The quantitative estimate of drug-likeness (QED) is 0.647. The van der Waals surface area contributed by atoms with Crippen LogP contribution < -0.4 is 10.1 Å². The first-order valence-electron chi connectivity index (χ1n) is 9.40. The van der Waals surface area contributed by atoms with Gasteiger partial charge in [0.2, 0.25) is 0 Å². The van der Waals surface area contributed by atoms with Crippen molar-refractivity contribution in [2.45, 2.75) is 38.7 Å². The zero-order chi connectivity index (χ0) is 19.5. The first-order chi connectivity index (χ1) is 13.6. The molecule has 1 fully saturated rings. The Labute approximate surface area is 162 Å². The van der Waals surface area contributed by atoms with Crippen molar-refractivity contribution in [3.05, 3.63) is 65.7 Å². The van der Waals surface area contributed by atoms with Crippen LogP contribution in [0.15, 0.2) is 53.1 Å². The summed E-state index contributed by atoms with van der Waals surface area (Å²) >= 11 is 0. The SMILES string of the molecule is Cc1onc(-c2ccc(F)cc2)c1C(=O)Nc1cccc(OC2CCCC2)c1. The molecule has 0 aliphatic heterocycles. The molecule has 1 N–H and O–H groups in total. The summed E-state index contributed by atoms with van der Waals surface area (Å²) in [6, 6.07) is 13.1. The number of anilines is 1. The van der Waals surface area contributed by atoms with Crippen molar-refractivity contribution < 1.29 is 18.4 Å². The maximum atomic E-state index is 13.2. The number of hydrogen-bond donors (Lipinski definition) is 1. The number of halogens is 1. The molecular weight excluding hydrogens is 359 g/mol. The summed E-state index contributed by atoms with van der Waals surface area (Å²) < 4.78 is 24.4. The lowest BCUT2D eigenvalue weighted by atomic mass is 10.1. The van der Waals surface area contributed by atoms with E-state index in [0.717, 1.165) is 18.6 Å². The van der Waals surface area contributed by atoms with Crippen LogP contribution in [-0.4, -0.2) is 17.2 Å². The van der Waals surface area contributed by atoms with Gasteiger partial charge in [0.15, 0.2) is 0 Å². The van der Waals surface area contributed by atoms with Crippen LogP contribution >= 0.6 is 0 Å². The largest absolute Gasteiger partial charge is 0.490 e. The van der Waals surface area contributed by atoms with E-state index in [1.165, 1.54) is 25.0 Å². The van der Waals surface area contributed by atoms with Gasteiger partial charge in [-0.3, -0.25) is 4.79 Å². The molecule has 0 spiro atoms. The molecule has 1 aliphatic rings. The number of nitrogens with one attached hydrogen (secondary N) is 1. The van der Waals surface area contributed by atoms with Crippen molar-refractivity contribution in [2.24, 2.45) is 0 Å². The van der Waals surface area contributed by atoms with Crippen molar-refractivity contribution in [1.82, 2.24) is 5.16 Å². The molecule has 0 saturated heterocycles. The zero-order valence-corrected chi connectivity index (χ0v) is 15.6. The molecule has 0 unspecified atom stereocenters. The minimum absolute atomic E-state index is 0.247. The molecule has 0 atom stereocenters. The lowest BCUT2D eigenvalue weighted by molar-refractivity contribution is 0.102. The molecular formula is C22H21FN2O3. The van der Waals surface area contributed by atoms with Gasteiger partial charge >= 0.3 is 0 Å². The second kappa shape index (κ2) is 7.84. The molecule has 28 heavy (non-hydrogen) atoms. The van der Waals surface area contributed by atoms with Gasteiger partial charge in [0.1, 0.15) is 28.6 Å².